The van der Waals surface area contributed by atoms with Crippen molar-refractivity contribution in [2.24, 2.45) is 11.8 Å². The van der Waals surface area contributed by atoms with Crippen LogP contribution in [0.2, 0.25) is 0 Å². The van der Waals surface area contributed by atoms with E-state index in [0.717, 1.165) is 58.5 Å². The highest BCUT2D eigenvalue weighted by molar-refractivity contribution is 5.82. The minimum Gasteiger partial charge on any atom is -0.352 e. The van der Waals surface area contributed by atoms with Crippen LogP contribution in [0, 0.1) is 11.8 Å². The van der Waals surface area contributed by atoms with Gasteiger partial charge in [-0.2, -0.15) is 0 Å². The molecule has 2 N–H and O–H groups in total. The van der Waals surface area contributed by atoms with Crippen LogP contribution in [-0.4, -0.2) is 108 Å². The minimum atomic E-state index is -0.911. The number of hydrogen-bond acceptors (Lipinski definition) is 5. The largest absolute Gasteiger partial charge is 0.352 e. The summed E-state index contributed by atoms with van der Waals surface area (Å²) in [6.45, 7) is 9.04. The van der Waals surface area contributed by atoms with Crippen LogP contribution >= 0.6 is 0 Å². The number of fused-ring (bicyclic) bond motifs is 1. The molecular formula is C26H43F2N5O2. The number of likely N-dealkylation sites (tertiary alicyclic amines) is 1. The van der Waals surface area contributed by atoms with Crippen molar-refractivity contribution in [3.63, 3.8) is 0 Å². The van der Waals surface area contributed by atoms with Gasteiger partial charge in [0.2, 0.25) is 11.8 Å². The van der Waals surface area contributed by atoms with Crippen LogP contribution in [0.5, 0.6) is 0 Å². The predicted molar refractivity (Wildman–Crippen MR) is 130 cm³/mol. The van der Waals surface area contributed by atoms with Crippen molar-refractivity contribution in [3.05, 3.63) is 0 Å². The van der Waals surface area contributed by atoms with Crippen molar-refractivity contribution in [1.82, 2.24) is 25.3 Å². The molecule has 0 aromatic heterocycles. The molecular weight excluding hydrogens is 452 g/mol. The van der Waals surface area contributed by atoms with Gasteiger partial charge in [-0.15, -0.1) is 0 Å². The lowest BCUT2D eigenvalue weighted by molar-refractivity contribution is -0.130. The molecule has 5 fully saturated rings. The highest BCUT2D eigenvalue weighted by Crippen LogP contribution is 2.39. The second-order valence-corrected chi connectivity index (χ2v) is 11.9. The first kappa shape index (κ1) is 25.3. The summed E-state index contributed by atoms with van der Waals surface area (Å²) in [5.41, 5.74) is 0. The van der Waals surface area contributed by atoms with E-state index in [1.807, 2.05) is 4.90 Å². The van der Waals surface area contributed by atoms with Crippen molar-refractivity contribution in [1.29, 1.82) is 0 Å². The number of rotatable bonds is 4. The van der Waals surface area contributed by atoms with E-state index in [2.05, 4.69) is 27.4 Å². The van der Waals surface area contributed by atoms with Crippen LogP contribution in [-0.2, 0) is 9.59 Å². The van der Waals surface area contributed by atoms with Gasteiger partial charge in [0.05, 0.1) is 6.04 Å². The van der Waals surface area contributed by atoms with Crippen LogP contribution in [0.25, 0.3) is 0 Å². The first-order valence-corrected chi connectivity index (χ1v) is 13.9. The molecule has 0 spiro atoms. The zero-order valence-electron chi connectivity index (χ0n) is 21.3. The monoisotopic (exact) mass is 495 g/mol. The number of carbonyl (C=O) groups excluding carboxylic acids is 2. The molecule has 3 saturated heterocycles. The second-order valence-electron chi connectivity index (χ2n) is 11.9. The van der Waals surface area contributed by atoms with E-state index in [-0.39, 0.29) is 41.9 Å². The lowest BCUT2D eigenvalue weighted by Gasteiger charge is -2.39. The van der Waals surface area contributed by atoms with Gasteiger partial charge in [-0.05, 0) is 50.9 Å². The summed E-state index contributed by atoms with van der Waals surface area (Å²) in [5.74, 6) is 0.362. The van der Waals surface area contributed by atoms with Crippen molar-refractivity contribution in [2.75, 3.05) is 39.3 Å². The summed E-state index contributed by atoms with van der Waals surface area (Å²) in [6, 6.07) is 0.131. The summed E-state index contributed by atoms with van der Waals surface area (Å²) in [4.78, 5) is 31.5. The van der Waals surface area contributed by atoms with Crippen molar-refractivity contribution in [3.8, 4) is 0 Å². The fraction of sp³-hybridized carbons (Fsp3) is 0.923. The van der Waals surface area contributed by atoms with Gasteiger partial charge < -0.3 is 15.5 Å². The highest BCUT2D eigenvalue weighted by Gasteiger charge is 2.47. The van der Waals surface area contributed by atoms with Crippen LogP contribution < -0.4 is 10.6 Å². The molecule has 3 aliphatic heterocycles. The highest BCUT2D eigenvalue weighted by atomic mass is 19.1. The first-order valence-electron chi connectivity index (χ1n) is 13.9. The zero-order valence-corrected chi connectivity index (χ0v) is 21.3. The van der Waals surface area contributed by atoms with E-state index in [0.29, 0.717) is 37.6 Å². The maximum atomic E-state index is 14.8. The average molecular weight is 496 g/mol. The Morgan fingerprint density at radius 2 is 1.66 bits per heavy atom. The number of nitrogens with zero attached hydrogens (tertiary/aromatic N) is 3. The molecule has 7 nitrogen and oxygen atoms in total. The molecule has 2 saturated carbocycles. The van der Waals surface area contributed by atoms with Gasteiger partial charge in [0.15, 0.2) is 0 Å². The quantitative estimate of drug-likeness (QED) is 0.622. The second kappa shape index (κ2) is 10.6. The van der Waals surface area contributed by atoms with E-state index in [1.165, 1.54) is 0 Å². The number of carbonyl (C=O) groups is 2. The van der Waals surface area contributed by atoms with E-state index >= 15 is 0 Å². The topological polar surface area (TPSA) is 67.9 Å². The third kappa shape index (κ3) is 5.52. The molecule has 35 heavy (non-hydrogen) atoms. The van der Waals surface area contributed by atoms with E-state index in [4.69, 9.17) is 0 Å². The molecule has 0 aromatic rings. The Kier molecular flexibility index (Phi) is 7.66. The lowest BCUT2D eigenvalue weighted by Crippen LogP contribution is -2.54. The van der Waals surface area contributed by atoms with Crippen molar-refractivity contribution < 1.29 is 18.4 Å². The first-order chi connectivity index (χ1) is 16.8. The summed E-state index contributed by atoms with van der Waals surface area (Å²) in [5, 5.41) is 6.54. The average Bonchev–Trinajstić information content (AvgIpc) is 3.50. The molecule has 8 unspecified atom stereocenters. The number of hydrogen-bond donors (Lipinski definition) is 2. The summed E-state index contributed by atoms with van der Waals surface area (Å²) in [7, 11) is 0. The summed E-state index contributed by atoms with van der Waals surface area (Å²) >= 11 is 0. The number of alkyl halides is 2. The van der Waals surface area contributed by atoms with Crippen molar-refractivity contribution in [2.45, 2.75) is 101 Å². The Hall–Kier alpha value is -1.32. The Morgan fingerprint density at radius 1 is 0.886 bits per heavy atom. The van der Waals surface area contributed by atoms with Crippen molar-refractivity contribution >= 4 is 11.8 Å². The molecule has 0 aromatic carbocycles. The standard InChI is InChI=1S/C26H43F2N5O2/c1-16-3-4-23(28)22-14-24(30-25(16)22)26(35)29-19-11-18(27)12-21(13-19)33-6-5-20(15-33)32-9-7-31(8-10-32)17(2)34/h16,18-25,30H,3-15H2,1-2H3,(H,29,35)/t16?,18?,19?,20-,21?,22?,23?,24?,25?/m1/s1. The summed E-state index contributed by atoms with van der Waals surface area (Å²) < 4.78 is 29.2. The minimum absolute atomic E-state index is 0.0707. The zero-order chi connectivity index (χ0) is 24.7. The SMILES string of the molecule is CC(=O)N1CCN([C@@H]2CCN(C3CC(F)CC(NC(=O)C4CC5C(F)CCC(C)C5N4)C3)C2)CC1. The fourth-order valence-electron chi connectivity index (χ4n) is 7.54. The van der Waals surface area contributed by atoms with Gasteiger partial charge >= 0.3 is 0 Å². The van der Waals surface area contributed by atoms with Gasteiger partial charge in [0.25, 0.3) is 0 Å². The van der Waals surface area contributed by atoms with Crippen LogP contribution in [0.15, 0.2) is 0 Å². The Labute approximate surface area is 208 Å². The number of halogens is 2. The van der Waals surface area contributed by atoms with Gasteiger partial charge in [-0.25, -0.2) is 8.78 Å². The molecule has 9 heteroatoms. The maximum absolute atomic E-state index is 14.8. The fourth-order valence-corrected chi connectivity index (χ4v) is 7.54. The molecule has 0 bridgehead atoms. The number of nitrogens with one attached hydrogen (secondary N) is 2. The molecule has 198 valence electrons. The molecule has 2 amide bonds. The molecule has 0 radical (unpaired) electrons. The van der Waals surface area contributed by atoms with Crippen LogP contribution in [0.1, 0.15) is 58.8 Å². The van der Waals surface area contributed by atoms with E-state index < -0.39 is 12.3 Å². The van der Waals surface area contributed by atoms with E-state index in [9.17, 15) is 18.4 Å². The van der Waals surface area contributed by atoms with Gasteiger partial charge in [-0.3, -0.25) is 19.4 Å². The predicted octanol–water partition coefficient (Wildman–Crippen LogP) is 1.71. The summed E-state index contributed by atoms with van der Waals surface area (Å²) in [6.07, 6.45) is 3.01. The van der Waals surface area contributed by atoms with Gasteiger partial charge in [-0.1, -0.05) is 6.92 Å². The lowest BCUT2D eigenvalue weighted by atomic mass is 9.77. The van der Waals surface area contributed by atoms with Crippen LogP contribution in [0.4, 0.5) is 8.78 Å². The van der Waals surface area contributed by atoms with E-state index in [1.54, 1.807) is 6.92 Å². The normalized spacial score (nSPS) is 43.2. The Morgan fingerprint density at radius 3 is 2.37 bits per heavy atom. The maximum Gasteiger partial charge on any atom is 0.237 e. The van der Waals surface area contributed by atoms with Gasteiger partial charge in [0, 0.05) is 76.3 Å². The molecule has 2 aliphatic carbocycles. The molecule has 3 heterocycles. The van der Waals surface area contributed by atoms with Gasteiger partial charge in [0.1, 0.15) is 12.3 Å². The molecule has 9 atom stereocenters. The molecule has 5 rings (SSSR count). The number of piperazine rings is 1. The third-order valence-corrected chi connectivity index (χ3v) is 9.61. The Balaban J connectivity index is 1.12. The Bertz CT molecular complexity index is 761. The smallest absolute Gasteiger partial charge is 0.237 e. The molecule has 5 aliphatic rings. The van der Waals surface area contributed by atoms with Crippen LogP contribution in [0.3, 0.4) is 0 Å². The third-order valence-electron chi connectivity index (χ3n) is 9.61. The number of amides is 2.